The van der Waals surface area contributed by atoms with Crippen LogP contribution in [0.2, 0.25) is 0 Å². The van der Waals surface area contributed by atoms with Crippen molar-refractivity contribution < 1.29 is 29.7 Å². The Balaban J connectivity index is 0. The van der Waals surface area contributed by atoms with E-state index in [0.29, 0.717) is 13.0 Å². The van der Waals surface area contributed by atoms with Crippen molar-refractivity contribution in [1.82, 2.24) is 5.32 Å². The van der Waals surface area contributed by atoms with Crippen molar-refractivity contribution in [1.29, 1.82) is 0 Å². The number of carbonyl (C=O) groups excluding carboxylic acids is 1. The molecule has 0 heterocycles. The summed E-state index contributed by atoms with van der Waals surface area (Å²) in [6.07, 6.45) is 17.3. The Morgan fingerprint density at radius 3 is 1.34 bits per heavy atom. The molecular formula is C22H43NO6. The predicted molar refractivity (Wildman–Crippen MR) is 115 cm³/mol. The van der Waals surface area contributed by atoms with Gasteiger partial charge in [0.1, 0.15) is 0 Å². The summed E-state index contributed by atoms with van der Waals surface area (Å²) >= 11 is 0. The number of aliphatic hydroxyl groups excluding tert-OH is 1. The molecule has 29 heavy (non-hydrogen) atoms. The van der Waals surface area contributed by atoms with E-state index < -0.39 is 11.9 Å². The third kappa shape index (κ3) is 31.3. The number of hydrogen-bond donors (Lipinski definition) is 4. The molecule has 0 aromatic carbocycles. The van der Waals surface area contributed by atoms with Gasteiger partial charge in [0, 0.05) is 13.0 Å². The highest BCUT2D eigenvalue weighted by atomic mass is 16.4. The zero-order valence-electron chi connectivity index (χ0n) is 18.3. The second-order valence-corrected chi connectivity index (χ2v) is 7.35. The molecule has 7 nitrogen and oxygen atoms in total. The van der Waals surface area contributed by atoms with E-state index in [2.05, 4.69) is 12.2 Å². The van der Waals surface area contributed by atoms with Crippen LogP contribution in [0.5, 0.6) is 0 Å². The average Bonchev–Trinajstić information content (AvgIpc) is 2.68. The van der Waals surface area contributed by atoms with Gasteiger partial charge in [-0.05, 0) is 6.42 Å². The van der Waals surface area contributed by atoms with E-state index >= 15 is 0 Å². The zero-order valence-corrected chi connectivity index (χ0v) is 18.3. The molecule has 0 saturated heterocycles. The van der Waals surface area contributed by atoms with Gasteiger partial charge in [-0.3, -0.25) is 14.4 Å². The number of aliphatic carboxylic acids is 2. The van der Waals surface area contributed by atoms with Gasteiger partial charge in [0.2, 0.25) is 5.91 Å². The third-order valence-electron chi connectivity index (χ3n) is 4.49. The van der Waals surface area contributed by atoms with Crippen molar-refractivity contribution in [3.8, 4) is 0 Å². The van der Waals surface area contributed by atoms with Gasteiger partial charge < -0.3 is 20.6 Å². The van der Waals surface area contributed by atoms with Crippen LogP contribution < -0.4 is 5.32 Å². The summed E-state index contributed by atoms with van der Waals surface area (Å²) in [6.45, 7) is 2.68. The lowest BCUT2D eigenvalue weighted by Gasteiger charge is -2.04. The maximum Gasteiger partial charge on any atom is 0.303 e. The number of carboxylic acids is 2. The van der Waals surface area contributed by atoms with Gasteiger partial charge in [0.25, 0.3) is 0 Å². The Labute approximate surface area is 176 Å². The zero-order chi connectivity index (χ0) is 22.2. The van der Waals surface area contributed by atoms with Gasteiger partial charge in [-0.15, -0.1) is 0 Å². The third-order valence-corrected chi connectivity index (χ3v) is 4.49. The van der Waals surface area contributed by atoms with Gasteiger partial charge in [0.05, 0.1) is 19.4 Å². The van der Waals surface area contributed by atoms with Crippen LogP contribution in [0, 0.1) is 0 Å². The maximum atomic E-state index is 11.3. The van der Waals surface area contributed by atoms with Crippen LogP contribution >= 0.6 is 0 Å². The fourth-order valence-corrected chi connectivity index (χ4v) is 2.80. The van der Waals surface area contributed by atoms with E-state index in [1.807, 2.05) is 0 Å². The van der Waals surface area contributed by atoms with Crippen LogP contribution in [0.1, 0.15) is 110 Å². The molecule has 0 fully saturated rings. The molecule has 0 aromatic heterocycles. The summed E-state index contributed by atoms with van der Waals surface area (Å²) in [7, 11) is 0. The summed E-state index contributed by atoms with van der Waals surface area (Å²) in [4.78, 5) is 30.6. The number of amides is 1. The Bertz CT molecular complexity index is 387. The van der Waals surface area contributed by atoms with Crippen molar-refractivity contribution in [3.05, 3.63) is 0 Å². The van der Waals surface area contributed by atoms with Crippen molar-refractivity contribution in [2.24, 2.45) is 0 Å². The largest absolute Gasteiger partial charge is 0.481 e. The highest BCUT2D eigenvalue weighted by molar-refractivity contribution is 5.75. The van der Waals surface area contributed by atoms with Crippen molar-refractivity contribution in [2.75, 3.05) is 13.2 Å². The highest BCUT2D eigenvalue weighted by Crippen LogP contribution is 2.12. The predicted octanol–water partition coefficient (Wildman–Crippen LogP) is 4.51. The Hall–Kier alpha value is -1.63. The normalized spacial score (nSPS) is 10.1. The van der Waals surface area contributed by atoms with Crippen molar-refractivity contribution in [2.45, 2.75) is 110 Å². The van der Waals surface area contributed by atoms with Gasteiger partial charge in [0.15, 0.2) is 0 Å². The minimum atomic E-state index is -1.08. The molecule has 0 spiro atoms. The Morgan fingerprint density at radius 1 is 0.621 bits per heavy atom. The number of unbranched alkanes of at least 4 members (excludes halogenated alkanes) is 12. The van der Waals surface area contributed by atoms with Crippen LogP contribution in [-0.2, 0) is 14.4 Å². The van der Waals surface area contributed by atoms with Crippen LogP contribution in [0.4, 0.5) is 0 Å². The number of nitrogens with one attached hydrogen (secondary N) is 1. The number of hydrogen-bond acceptors (Lipinski definition) is 4. The topological polar surface area (TPSA) is 124 Å². The fraction of sp³-hybridized carbons (Fsp3) is 0.864. The number of rotatable bonds is 19. The van der Waals surface area contributed by atoms with E-state index in [1.54, 1.807) is 0 Å². The molecule has 1 amide bonds. The van der Waals surface area contributed by atoms with Crippen molar-refractivity contribution >= 4 is 17.8 Å². The quantitative estimate of drug-likeness (QED) is 0.229. The molecule has 0 aromatic rings. The summed E-state index contributed by atoms with van der Waals surface area (Å²) in [6, 6.07) is 0. The lowest BCUT2D eigenvalue weighted by Crippen LogP contribution is -2.25. The molecule has 4 N–H and O–H groups in total. The molecule has 172 valence electrons. The SMILES string of the molecule is CCCCCCCCCCCCCCCC(=O)NCCO.O=C(O)CCC(=O)O. The molecule has 0 radical (unpaired) electrons. The Kier molecular flexibility index (Phi) is 24.9. The smallest absolute Gasteiger partial charge is 0.303 e. The first-order chi connectivity index (χ1) is 13.9. The molecule has 0 bridgehead atoms. The van der Waals surface area contributed by atoms with Crippen LogP contribution in [0.15, 0.2) is 0 Å². The lowest BCUT2D eigenvalue weighted by atomic mass is 10.0. The van der Waals surface area contributed by atoms with Crippen molar-refractivity contribution in [3.63, 3.8) is 0 Å². The van der Waals surface area contributed by atoms with Gasteiger partial charge in [-0.25, -0.2) is 0 Å². The summed E-state index contributed by atoms with van der Waals surface area (Å²) < 4.78 is 0. The molecular weight excluding hydrogens is 374 g/mol. The van der Waals surface area contributed by atoms with E-state index in [1.165, 1.54) is 70.6 Å². The molecule has 0 saturated carbocycles. The monoisotopic (exact) mass is 417 g/mol. The first kappa shape index (κ1) is 29.6. The highest BCUT2D eigenvalue weighted by Gasteiger charge is 2.01. The fourth-order valence-electron chi connectivity index (χ4n) is 2.80. The second-order valence-electron chi connectivity index (χ2n) is 7.35. The molecule has 0 rings (SSSR count). The number of aliphatic hydroxyl groups is 1. The standard InChI is InChI=1S/C18H37NO2.C4H6O4/c1-2-3-4-5-6-7-8-9-10-11-12-13-14-15-18(21)19-16-17-20;5-3(6)1-2-4(7)8/h20H,2-17H2,1H3,(H,19,21);1-2H2,(H,5,6)(H,7,8). The van der Waals surface area contributed by atoms with E-state index in [-0.39, 0.29) is 25.4 Å². The summed E-state index contributed by atoms with van der Waals surface area (Å²) in [5.74, 6) is -2.08. The minimum absolute atomic E-state index is 0.0321. The molecule has 0 atom stereocenters. The molecule has 0 aliphatic rings. The van der Waals surface area contributed by atoms with Gasteiger partial charge in [-0.1, -0.05) is 84.0 Å². The molecule has 7 heteroatoms. The lowest BCUT2D eigenvalue weighted by molar-refractivity contribution is -0.143. The number of carboxylic acid groups (broad SMARTS) is 2. The van der Waals surface area contributed by atoms with Crippen LogP contribution in [-0.4, -0.2) is 46.3 Å². The van der Waals surface area contributed by atoms with E-state index in [0.717, 1.165) is 12.8 Å². The molecule has 0 unspecified atom stereocenters. The maximum absolute atomic E-state index is 11.3. The summed E-state index contributed by atoms with van der Waals surface area (Å²) in [5, 5.41) is 27.1. The van der Waals surface area contributed by atoms with E-state index in [9.17, 15) is 14.4 Å². The second kappa shape index (κ2) is 24.4. The molecule has 0 aliphatic heterocycles. The van der Waals surface area contributed by atoms with Gasteiger partial charge >= 0.3 is 11.9 Å². The van der Waals surface area contributed by atoms with Crippen LogP contribution in [0.25, 0.3) is 0 Å². The molecule has 0 aliphatic carbocycles. The average molecular weight is 418 g/mol. The first-order valence-electron chi connectivity index (χ1n) is 11.2. The van der Waals surface area contributed by atoms with Crippen LogP contribution in [0.3, 0.4) is 0 Å². The Morgan fingerprint density at radius 2 is 1.00 bits per heavy atom. The van der Waals surface area contributed by atoms with Gasteiger partial charge in [-0.2, -0.15) is 0 Å². The number of carbonyl (C=O) groups is 3. The minimum Gasteiger partial charge on any atom is -0.481 e. The first-order valence-corrected chi connectivity index (χ1v) is 11.2. The summed E-state index contributed by atoms with van der Waals surface area (Å²) in [5.41, 5.74) is 0. The van der Waals surface area contributed by atoms with E-state index in [4.69, 9.17) is 15.3 Å².